The molecular weight excluding hydrogens is 270 g/mol. The molecule has 1 rings (SSSR count). The Morgan fingerprint density at radius 1 is 1.24 bits per heavy atom. The van der Waals surface area contributed by atoms with Gasteiger partial charge >= 0.3 is 5.97 Å². The molecule has 5 heteroatoms. The van der Waals surface area contributed by atoms with Gasteiger partial charge in [0.05, 0.1) is 7.11 Å². The smallest absolute Gasteiger partial charge is 0.328 e. The first kappa shape index (κ1) is 17.0. The van der Waals surface area contributed by atoms with E-state index < -0.39 is 12.0 Å². The molecule has 0 aliphatic carbocycles. The molecule has 2 N–H and O–H groups in total. The summed E-state index contributed by atoms with van der Waals surface area (Å²) in [5.41, 5.74) is 0.844. The highest BCUT2D eigenvalue weighted by molar-refractivity contribution is 5.84. The Morgan fingerprint density at radius 2 is 1.90 bits per heavy atom. The number of benzene rings is 1. The lowest BCUT2D eigenvalue weighted by Gasteiger charge is -2.16. The average molecular weight is 293 g/mol. The molecule has 1 atom stereocenters. The van der Waals surface area contributed by atoms with E-state index in [2.05, 4.69) is 12.2 Å². The highest BCUT2D eigenvalue weighted by atomic mass is 16.5. The maximum atomic E-state index is 11.8. The fraction of sp³-hybridized carbons (Fsp3) is 0.500. The quantitative estimate of drug-likeness (QED) is 0.569. The Bertz CT molecular complexity index is 456. The lowest BCUT2D eigenvalue weighted by Crippen LogP contribution is -2.43. The fourth-order valence-corrected chi connectivity index (χ4v) is 2.01. The summed E-state index contributed by atoms with van der Waals surface area (Å²) in [5, 5.41) is 12.0. The summed E-state index contributed by atoms with van der Waals surface area (Å²) < 4.78 is 4.73. The number of esters is 1. The molecule has 0 aromatic heterocycles. The zero-order valence-corrected chi connectivity index (χ0v) is 12.6. The van der Waals surface area contributed by atoms with Crippen LogP contribution in [0.4, 0.5) is 0 Å². The molecular formula is C16H23NO4. The van der Waals surface area contributed by atoms with E-state index in [1.165, 1.54) is 7.11 Å². The molecule has 1 aromatic rings. The zero-order valence-electron chi connectivity index (χ0n) is 12.6. The summed E-state index contributed by atoms with van der Waals surface area (Å²) in [6.07, 6.45) is 3.61. The van der Waals surface area contributed by atoms with Crippen molar-refractivity contribution in [3.05, 3.63) is 29.8 Å². The van der Waals surface area contributed by atoms with Crippen molar-refractivity contribution >= 4 is 11.9 Å². The van der Waals surface area contributed by atoms with Crippen molar-refractivity contribution in [3.63, 3.8) is 0 Å². The highest BCUT2D eigenvalue weighted by Gasteiger charge is 2.21. The average Bonchev–Trinajstić information content (AvgIpc) is 2.48. The molecule has 21 heavy (non-hydrogen) atoms. The number of hydrogen-bond donors (Lipinski definition) is 2. The predicted molar refractivity (Wildman–Crippen MR) is 79.9 cm³/mol. The number of phenols is 1. The summed E-state index contributed by atoms with van der Waals surface area (Å²) in [6.45, 7) is 2.07. The SMILES string of the molecule is CCCCCC(=O)NC(Cc1ccc(O)cc1)C(=O)OC. The number of amides is 1. The molecule has 0 bridgehead atoms. The molecule has 0 fully saturated rings. The van der Waals surface area contributed by atoms with E-state index in [4.69, 9.17) is 4.74 Å². The summed E-state index contributed by atoms with van der Waals surface area (Å²) >= 11 is 0. The van der Waals surface area contributed by atoms with Crippen molar-refractivity contribution < 1.29 is 19.4 Å². The van der Waals surface area contributed by atoms with Gasteiger partial charge in [-0.1, -0.05) is 31.9 Å². The first-order valence-electron chi connectivity index (χ1n) is 7.22. The van der Waals surface area contributed by atoms with Crippen LogP contribution in [0.3, 0.4) is 0 Å². The number of nitrogens with one attached hydrogen (secondary N) is 1. The standard InChI is InChI=1S/C16H23NO4/c1-3-4-5-6-15(19)17-14(16(20)21-2)11-12-7-9-13(18)10-8-12/h7-10,14,18H,3-6,11H2,1-2H3,(H,17,19). The third-order valence-corrected chi connectivity index (χ3v) is 3.20. The van der Waals surface area contributed by atoms with E-state index in [0.717, 1.165) is 24.8 Å². The molecule has 0 aliphatic rings. The van der Waals surface area contributed by atoms with Crippen LogP contribution in [-0.4, -0.2) is 30.1 Å². The van der Waals surface area contributed by atoms with Gasteiger partial charge in [0.25, 0.3) is 0 Å². The number of aromatic hydroxyl groups is 1. The van der Waals surface area contributed by atoms with E-state index in [9.17, 15) is 14.7 Å². The van der Waals surface area contributed by atoms with Crippen LogP contribution in [0.25, 0.3) is 0 Å². The van der Waals surface area contributed by atoms with Gasteiger partial charge in [0.1, 0.15) is 11.8 Å². The van der Waals surface area contributed by atoms with Crippen LogP contribution in [-0.2, 0) is 20.7 Å². The summed E-state index contributed by atoms with van der Waals surface area (Å²) in [4.78, 5) is 23.6. The minimum atomic E-state index is -0.700. The Labute approximate surface area is 125 Å². The van der Waals surface area contributed by atoms with E-state index in [0.29, 0.717) is 12.8 Å². The van der Waals surface area contributed by atoms with E-state index in [1.54, 1.807) is 24.3 Å². The van der Waals surface area contributed by atoms with Gasteiger partial charge in [-0.3, -0.25) is 4.79 Å². The Balaban J connectivity index is 2.61. The maximum absolute atomic E-state index is 11.8. The van der Waals surface area contributed by atoms with Gasteiger partial charge in [-0.15, -0.1) is 0 Å². The summed E-state index contributed by atoms with van der Waals surface area (Å²) in [6, 6.07) is 5.83. The second-order valence-electron chi connectivity index (χ2n) is 4.97. The molecule has 0 spiro atoms. The zero-order chi connectivity index (χ0) is 15.7. The van der Waals surface area contributed by atoms with Crippen molar-refractivity contribution in [1.82, 2.24) is 5.32 Å². The summed E-state index contributed by atoms with van der Waals surface area (Å²) in [5.74, 6) is -0.443. The van der Waals surface area contributed by atoms with E-state index in [-0.39, 0.29) is 11.7 Å². The third kappa shape index (κ3) is 6.29. The Hall–Kier alpha value is -2.04. The normalized spacial score (nSPS) is 11.7. The number of unbranched alkanes of at least 4 members (excludes halogenated alkanes) is 2. The van der Waals surface area contributed by atoms with Crippen LogP contribution < -0.4 is 5.32 Å². The van der Waals surface area contributed by atoms with E-state index >= 15 is 0 Å². The van der Waals surface area contributed by atoms with Crippen molar-refractivity contribution in [2.45, 2.75) is 45.1 Å². The third-order valence-electron chi connectivity index (χ3n) is 3.20. The molecule has 116 valence electrons. The van der Waals surface area contributed by atoms with Crippen LogP contribution in [0.1, 0.15) is 38.2 Å². The largest absolute Gasteiger partial charge is 0.508 e. The van der Waals surface area contributed by atoms with Crippen LogP contribution in [0, 0.1) is 0 Å². The number of rotatable bonds is 8. The molecule has 0 radical (unpaired) electrons. The van der Waals surface area contributed by atoms with Gasteiger partial charge in [0, 0.05) is 12.8 Å². The summed E-state index contributed by atoms with van der Waals surface area (Å²) in [7, 11) is 1.30. The number of carbonyl (C=O) groups excluding carboxylic acids is 2. The topological polar surface area (TPSA) is 75.6 Å². The molecule has 0 heterocycles. The van der Waals surface area contributed by atoms with Gasteiger partial charge in [0.2, 0.25) is 5.91 Å². The van der Waals surface area contributed by atoms with Crippen molar-refractivity contribution in [2.24, 2.45) is 0 Å². The minimum absolute atomic E-state index is 0.141. The molecule has 0 aliphatic heterocycles. The van der Waals surface area contributed by atoms with Crippen molar-refractivity contribution in [3.8, 4) is 5.75 Å². The number of ether oxygens (including phenoxy) is 1. The molecule has 5 nitrogen and oxygen atoms in total. The van der Waals surface area contributed by atoms with E-state index in [1.807, 2.05) is 0 Å². The monoisotopic (exact) mass is 293 g/mol. The number of methoxy groups -OCH3 is 1. The van der Waals surface area contributed by atoms with Gasteiger partial charge in [-0.05, 0) is 24.1 Å². The molecule has 0 saturated carbocycles. The molecule has 0 saturated heterocycles. The maximum Gasteiger partial charge on any atom is 0.328 e. The van der Waals surface area contributed by atoms with Gasteiger partial charge in [0.15, 0.2) is 0 Å². The second kappa shape index (κ2) is 9.00. The minimum Gasteiger partial charge on any atom is -0.508 e. The highest BCUT2D eigenvalue weighted by Crippen LogP contribution is 2.12. The van der Waals surface area contributed by atoms with Gasteiger partial charge in [-0.2, -0.15) is 0 Å². The Morgan fingerprint density at radius 3 is 2.48 bits per heavy atom. The predicted octanol–water partition coefficient (Wildman–Crippen LogP) is 2.17. The van der Waals surface area contributed by atoms with Crippen LogP contribution in [0.5, 0.6) is 5.75 Å². The second-order valence-corrected chi connectivity index (χ2v) is 4.97. The fourth-order valence-electron chi connectivity index (χ4n) is 2.01. The number of phenolic OH excluding ortho intramolecular Hbond substituents is 1. The number of carbonyl (C=O) groups is 2. The first-order valence-corrected chi connectivity index (χ1v) is 7.22. The van der Waals surface area contributed by atoms with Crippen LogP contribution in [0.15, 0.2) is 24.3 Å². The van der Waals surface area contributed by atoms with Gasteiger partial charge in [-0.25, -0.2) is 4.79 Å². The first-order chi connectivity index (χ1) is 10.1. The molecule has 1 amide bonds. The lowest BCUT2D eigenvalue weighted by molar-refractivity contribution is -0.145. The van der Waals surface area contributed by atoms with Crippen molar-refractivity contribution in [1.29, 1.82) is 0 Å². The Kier molecular flexibility index (Phi) is 7.29. The van der Waals surface area contributed by atoms with Crippen LogP contribution in [0.2, 0.25) is 0 Å². The number of hydrogen-bond acceptors (Lipinski definition) is 4. The van der Waals surface area contributed by atoms with Crippen molar-refractivity contribution in [2.75, 3.05) is 7.11 Å². The molecule has 1 aromatic carbocycles. The van der Waals surface area contributed by atoms with Crippen LogP contribution >= 0.6 is 0 Å². The van der Waals surface area contributed by atoms with Gasteiger partial charge < -0.3 is 15.2 Å². The molecule has 1 unspecified atom stereocenters. The lowest BCUT2D eigenvalue weighted by atomic mass is 10.1.